The second-order valence-corrected chi connectivity index (χ2v) is 12.7. The molecule has 0 aromatic heterocycles. The molecule has 2 saturated heterocycles. The number of benzene rings is 1. The van der Waals surface area contributed by atoms with E-state index in [2.05, 4.69) is 16.0 Å². The standard InChI is InChI=1S/C28H43N5O7/c1-16(2)13-19(31-23(35)17-9-11-18(12-10-17)30-25(37)39-27(3,4)5)24(36)33-22-20(29-14-21(22)34)15-32(33)26(38)40-28(6,7)8/h9-12,16,19-22,29,34H,13-15H2,1-8H3,(H,30,37)(H,31,35)/t19-,20?,21?,22?/m0/s1. The van der Waals surface area contributed by atoms with Gasteiger partial charge in [0.15, 0.2) is 0 Å². The lowest BCUT2D eigenvalue weighted by Crippen LogP contribution is -2.58. The number of nitrogens with zero attached hydrogens (tertiary/aromatic N) is 2. The van der Waals surface area contributed by atoms with Crippen LogP contribution in [0.1, 0.15) is 72.2 Å². The van der Waals surface area contributed by atoms with Crippen LogP contribution in [0.5, 0.6) is 0 Å². The Balaban J connectivity index is 1.78. The maximum absolute atomic E-state index is 14.0. The van der Waals surface area contributed by atoms with E-state index in [9.17, 15) is 24.3 Å². The second kappa shape index (κ2) is 12.0. The van der Waals surface area contributed by atoms with Crippen LogP contribution < -0.4 is 16.0 Å². The van der Waals surface area contributed by atoms with Crippen LogP contribution in [0.4, 0.5) is 15.3 Å². The summed E-state index contributed by atoms with van der Waals surface area (Å²) >= 11 is 0. The highest BCUT2D eigenvalue weighted by molar-refractivity contribution is 5.98. The molecular weight excluding hydrogens is 518 g/mol. The number of ether oxygens (including phenoxy) is 2. The molecule has 0 radical (unpaired) electrons. The summed E-state index contributed by atoms with van der Waals surface area (Å²) < 4.78 is 10.8. The second-order valence-electron chi connectivity index (χ2n) is 12.7. The first-order chi connectivity index (χ1) is 18.4. The number of aliphatic hydroxyl groups is 1. The fourth-order valence-corrected chi connectivity index (χ4v) is 4.69. The minimum Gasteiger partial charge on any atom is -0.444 e. The lowest BCUT2D eigenvalue weighted by molar-refractivity contribution is -0.152. The monoisotopic (exact) mass is 561 g/mol. The average molecular weight is 562 g/mol. The minimum atomic E-state index is -0.969. The number of amides is 4. The molecule has 3 unspecified atom stereocenters. The van der Waals surface area contributed by atoms with Crippen LogP contribution in [0, 0.1) is 5.92 Å². The van der Waals surface area contributed by atoms with Crippen molar-refractivity contribution in [3.05, 3.63) is 29.8 Å². The molecule has 0 bridgehead atoms. The highest BCUT2D eigenvalue weighted by Crippen LogP contribution is 2.29. The predicted octanol–water partition coefficient (Wildman–Crippen LogP) is 2.87. The van der Waals surface area contributed by atoms with E-state index in [-0.39, 0.29) is 30.6 Å². The topological polar surface area (TPSA) is 150 Å². The van der Waals surface area contributed by atoms with Crippen molar-refractivity contribution in [2.24, 2.45) is 5.92 Å². The number of nitrogens with one attached hydrogen (secondary N) is 3. The fraction of sp³-hybridized carbons (Fsp3) is 0.643. The lowest BCUT2D eigenvalue weighted by atomic mass is 10.0. The van der Waals surface area contributed by atoms with Gasteiger partial charge < -0.3 is 25.2 Å². The summed E-state index contributed by atoms with van der Waals surface area (Å²) in [6.45, 7) is 14.8. The van der Waals surface area contributed by atoms with Gasteiger partial charge in [0.25, 0.3) is 11.8 Å². The SMILES string of the molecule is CC(C)C[C@H](NC(=O)c1ccc(NC(=O)OC(C)(C)C)cc1)C(=O)N1C2C(O)CNC2CN1C(=O)OC(C)(C)C. The summed E-state index contributed by atoms with van der Waals surface area (Å²) in [5.74, 6) is -0.964. The molecule has 1 aromatic rings. The average Bonchev–Trinajstić information content (AvgIpc) is 3.35. The maximum atomic E-state index is 14.0. The molecule has 0 saturated carbocycles. The zero-order chi connectivity index (χ0) is 30.0. The molecule has 0 spiro atoms. The molecule has 2 aliphatic rings. The highest BCUT2D eigenvalue weighted by atomic mass is 16.6. The van der Waals surface area contributed by atoms with E-state index in [4.69, 9.17) is 9.47 Å². The van der Waals surface area contributed by atoms with Gasteiger partial charge in [0.05, 0.1) is 24.7 Å². The van der Waals surface area contributed by atoms with E-state index in [1.165, 1.54) is 22.2 Å². The molecule has 12 heteroatoms. The molecule has 40 heavy (non-hydrogen) atoms. The van der Waals surface area contributed by atoms with E-state index < -0.39 is 53.4 Å². The fourth-order valence-electron chi connectivity index (χ4n) is 4.69. The molecule has 0 aliphatic carbocycles. The van der Waals surface area contributed by atoms with Crippen LogP contribution in [0.2, 0.25) is 0 Å². The number of β-amino-alcohol motifs (C(OH)–C–C–N with tert-alkyl or cyclic N) is 1. The van der Waals surface area contributed by atoms with E-state index in [0.29, 0.717) is 12.1 Å². The Bertz CT molecular complexity index is 1090. The summed E-state index contributed by atoms with van der Waals surface area (Å²) in [7, 11) is 0. The zero-order valence-corrected chi connectivity index (χ0v) is 24.6. The summed E-state index contributed by atoms with van der Waals surface area (Å²) in [5.41, 5.74) is -0.714. The molecule has 4 N–H and O–H groups in total. The Morgan fingerprint density at radius 2 is 1.62 bits per heavy atom. The van der Waals surface area contributed by atoms with Gasteiger partial charge in [0.1, 0.15) is 17.2 Å². The number of hydrogen-bond donors (Lipinski definition) is 4. The minimum absolute atomic E-state index is 0.0367. The molecule has 222 valence electrons. The first-order valence-electron chi connectivity index (χ1n) is 13.6. The van der Waals surface area contributed by atoms with Gasteiger partial charge in [-0.25, -0.2) is 19.6 Å². The molecule has 12 nitrogen and oxygen atoms in total. The van der Waals surface area contributed by atoms with Crippen molar-refractivity contribution in [1.82, 2.24) is 20.7 Å². The van der Waals surface area contributed by atoms with E-state index in [1.807, 2.05) is 13.8 Å². The number of carbonyl (C=O) groups is 4. The van der Waals surface area contributed by atoms with Crippen molar-refractivity contribution in [2.45, 2.75) is 97.2 Å². The normalized spacial score (nSPS) is 21.6. The molecule has 3 rings (SSSR count). The Kier molecular flexibility index (Phi) is 9.35. The van der Waals surface area contributed by atoms with Gasteiger partial charge in [-0.2, -0.15) is 0 Å². The third-order valence-electron chi connectivity index (χ3n) is 6.24. The summed E-state index contributed by atoms with van der Waals surface area (Å²) in [4.78, 5) is 52.3. The Hall–Kier alpha value is -3.38. The molecule has 2 heterocycles. The molecule has 4 amide bonds. The Morgan fingerprint density at radius 3 is 2.17 bits per heavy atom. The van der Waals surface area contributed by atoms with Crippen molar-refractivity contribution in [3.8, 4) is 0 Å². The molecule has 4 atom stereocenters. The largest absolute Gasteiger partial charge is 0.444 e. The number of aliphatic hydroxyl groups excluding tert-OH is 1. The molecule has 1 aromatic carbocycles. The molecule has 2 fully saturated rings. The van der Waals surface area contributed by atoms with E-state index in [1.54, 1.807) is 53.7 Å². The van der Waals surface area contributed by atoms with Crippen LogP contribution in [-0.4, -0.2) is 87.6 Å². The van der Waals surface area contributed by atoms with Crippen molar-refractivity contribution in [3.63, 3.8) is 0 Å². The van der Waals surface area contributed by atoms with Crippen molar-refractivity contribution >= 4 is 29.7 Å². The van der Waals surface area contributed by atoms with Gasteiger partial charge in [-0.15, -0.1) is 0 Å². The van der Waals surface area contributed by atoms with Crippen molar-refractivity contribution < 1.29 is 33.8 Å². The quantitative estimate of drug-likeness (QED) is 0.414. The van der Waals surface area contributed by atoms with Gasteiger partial charge in [-0.05, 0) is 78.1 Å². The van der Waals surface area contributed by atoms with E-state index in [0.717, 1.165) is 0 Å². The van der Waals surface area contributed by atoms with Gasteiger partial charge in [-0.3, -0.25) is 14.9 Å². The number of fused-ring (bicyclic) bond motifs is 1. The number of rotatable bonds is 6. The third kappa shape index (κ3) is 8.07. The van der Waals surface area contributed by atoms with Gasteiger partial charge in [0.2, 0.25) is 0 Å². The first kappa shape index (κ1) is 31.2. The number of carbonyl (C=O) groups excluding carboxylic acids is 4. The van der Waals surface area contributed by atoms with Crippen LogP contribution in [0.25, 0.3) is 0 Å². The van der Waals surface area contributed by atoms with Gasteiger partial charge >= 0.3 is 12.2 Å². The number of hydrazine groups is 1. The smallest absolute Gasteiger partial charge is 0.429 e. The third-order valence-corrected chi connectivity index (χ3v) is 6.24. The highest BCUT2D eigenvalue weighted by Gasteiger charge is 2.53. The van der Waals surface area contributed by atoms with Crippen LogP contribution in [-0.2, 0) is 14.3 Å². The van der Waals surface area contributed by atoms with Crippen molar-refractivity contribution in [2.75, 3.05) is 18.4 Å². The predicted molar refractivity (Wildman–Crippen MR) is 148 cm³/mol. The Labute approximate surface area is 235 Å². The number of hydrogen-bond acceptors (Lipinski definition) is 8. The van der Waals surface area contributed by atoms with Gasteiger partial charge in [-0.1, -0.05) is 13.8 Å². The van der Waals surface area contributed by atoms with Crippen LogP contribution in [0.15, 0.2) is 24.3 Å². The Morgan fingerprint density at radius 1 is 1.02 bits per heavy atom. The van der Waals surface area contributed by atoms with E-state index >= 15 is 0 Å². The maximum Gasteiger partial charge on any atom is 0.429 e. The summed E-state index contributed by atoms with van der Waals surface area (Å²) in [6, 6.07) is 4.22. The number of anilines is 1. The zero-order valence-electron chi connectivity index (χ0n) is 24.6. The van der Waals surface area contributed by atoms with Gasteiger partial charge in [0, 0.05) is 17.8 Å². The summed E-state index contributed by atoms with van der Waals surface area (Å²) in [6.07, 6.45) is -1.90. The first-order valence-corrected chi connectivity index (χ1v) is 13.6. The van der Waals surface area contributed by atoms with Crippen LogP contribution >= 0.6 is 0 Å². The lowest BCUT2D eigenvalue weighted by Gasteiger charge is -2.36. The molecular formula is C28H43N5O7. The molecule has 2 aliphatic heterocycles. The van der Waals surface area contributed by atoms with Crippen molar-refractivity contribution in [1.29, 1.82) is 0 Å². The van der Waals surface area contributed by atoms with Crippen LogP contribution in [0.3, 0.4) is 0 Å². The summed E-state index contributed by atoms with van der Waals surface area (Å²) in [5, 5.41) is 21.7.